The van der Waals surface area contributed by atoms with Crippen molar-refractivity contribution < 1.29 is 14.3 Å². The third-order valence-electron chi connectivity index (χ3n) is 6.39. The summed E-state index contributed by atoms with van der Waals surface area (Å²) in [5.74, 6) is 1.75. The van der Waals surface area contributed by atoms with Crippen molar-refractivity contribution in [3.63, 3.8) is 0 Å². The minimum atomic E-state index is 0.120. The van der Waals surface area contributed by atoms with Crippen molar-refractivity contribution >= 4 is 5.91 Å². The number of carbonyl (C=O) groups excluding carboxylic acids is 1. The van der Waals surface area contributed by atoms with Gasteiger partial charge in [-0.15, -0.1) is 0 Å². The Hall–Kier alpha value is -3.25. The summed E-state index contributed by atoms with van der Waals surface area (Å²) >= 11 is 0. The summed E-state index contributed by atoms with van der Waals surface area (Å²) < 4.78 is 13.1. The summed E-state index contributed by atoms with van der Waals surface area (Å²) in [6.45, 7) is 3.53. The van der Waals surface area contributed by atoms with E-state index in [-0.39, 0.29) is 18.0 Å². The molecule has 3 aliphatic rings. The SMILES string of the molecule is O=C1c2cccn2[C@H]2CN(Cc3ccc4c(c3)OCO4)C[C@@H]2N1Cc1ccccc1. The normalized spacial score (nSPS) is 22.3. The van der Waals surface area contributed by atoms with Crippen LogP contribution in [0.5, 0.6) is 11.5 Å². The number of likely N-dealkylation sites (tertiary alicyclic amines) is 1. The van der Waals surface area contributed by atoms with Crippen LogP contribution in [0, 0.1) is 0 Å². The number of hydrogen-bond donors (Lipinski definition) is 0. The Morgan fingerprint density at radius 1 is 0.833 bits per heavy atom. The quantitative estimate of drug-likeness (QED) is 0.673. The van der Waals surface area contributed by atoms with Gasteiger partial charge in [-0.25, -0.2) is 0 Å². The van der Waals surface area contributed by atoms with Gasteiger partial charge in [0.05, 0.1) is 12.1 Å². The van der Waals surface area contributed by atoms with Gasteiger partial charge in [0.15, 0.2) is 11.5 Å². The highest BCUT2D eigenvalue weighted by atomic mass is 16.7. The Balaban J connectivity index is 1.27. The first-order valence-electron chi connectivity index (χ1n) is 10.4. The smallest absolute Gasteiger partial charge is 0.271 e. The number of rotatable bonds is 4. The molecule has 0 aliphatic carbocycles. The Morgan fingerprint density at radius 3 is 2.57 bits per heavy atom. The lowest BCUT2D eigenvalue weighted by molar-refractivity contribution is 0.0556. The number of benzene rings is 2. The maximum Gasteiger partial charge on any atom is 0.271 e. The van der Waals surface area contributed by atoms with Crippen LogP contribution >= 0.6 is 0 Å². The number of hydrogen-bond acceptors (Lipinski definition) is 4. The molecule has 1 saturated heterocycles. The van der Waals surface area contributed by atoms with Gasteiger partial charge in [-0.1, -0.05) is 36.4 Å². The number of ether oxygens (including phenoxy) is 2. The maximum atomic E-state index is 13.3. The standard InChI is InChI=1S/C24H23N3O3/c28-24-19-7-4-10-26(19)20-14-25(12-18-8-9-22-23(11-18)30-16-29-22)15-21(20)27(24)13-17-5-2-1-3-6-17/h1-11,20-21H,12-16H2/t20-,21-/m0/s1. The summed E-state index contributed by atoms with van der Waals surface area (Å²) in [6, 6.07) is 20.8. The summed E-state index contributed by atoms with van der Waals surface area (Å²) in [4.78, 5) is 17.8. The van der Waals surface area contributed by atoms with E-state index in [1.165, 1.54) is 11.1 Å². The van der Waals surface area contributed by atoms with E-state index in [0.717, 1.165) is 36.8 Å². The minimum Gasteiger partial charge on any atom is -0.454 e. The highest BCUT2D eigenvalue weighted by molar-refractivity contribution is 5.94. The zero-order chi connectivity index (χ0) is 20.1. The van der Waals surface area contributed by atoms with Crippen LogP contribution in [0.25, 0.3) is 0 Å². The van der Waals surface area contributed by atoms with Crippen LogP contribution in [-0.4, -0.2) is 46.2 Å². The highest BCUT2D eigenvalue weighted by Crippen LogP contribution is 2.37. The molecule has 3 aromatic rings. The summed E-state index contributed by atoms with van der Waals surface area (Å²) in [6.07, 6.45) is 2.05. The average Bonchev–Trinajstić information content (AvgIpc) is 3.50. The molecule has 1 amide bonds. The lowest BCUT2D eigenvalue weighted by Gasteiger charge is -2.38. The van der Waals surface area contributed by atoms with Crippen molar-refractivity contribution in [2.75, 3.05) is 19.9 Å². The van der Waals surface area contributed by atoms with Gasteiger partial charge in [-0.05, 0) is 35.4 Å². The summed E-state index contributed by atoms with van der Waals surface area (Å²) in [7, 11) is 0. The van der Waals surface area contributed by atoms with Gasteiger partial charge >= 0.3 is 0 Å². The number of carbonyl (C=O) groups is 1. The van der Waals surface area contributed by atoms with E-state index in [0.29, 0.717) is 13.3 Å². The van der Waals surface area contributed by atoms with Crippen molar-refractivity contribution in [3.8, 4) is 11.5 Å². The molecule has 1 aromatic heterocycles. The molecule has 4 heterocycles. The molecule has 6 heteroatoms. The Labute approximate surface area is 175 Å². The lowest BCUT2D eigenvalue weighted by atomic mass is 10.0. The predicted molar refractivity (Wildman–Crippen MR) is 111 cm³/mol. The topological polar surface area (TPSA) is 46.9 Å². The van der Waals surface area contributed by atoms with E-state index < -0.39 is 0 Å². The molecule has 1 fully saturated rings. The molecule has 0 saturated carbocycles. The van der Waals surface area contributed by atoms with E-state index in [9.17, 15) is 4.79 Å². The van der Waals surface area contributed by atoms with E-state index >= 15 is 0 Å². The average molecular weight is 401 g/mol. The molecular formula is C24H23N3O3. The first-order chi connectivity index (χ1) is 14.8. The van der Waals surface area contributed by atoms with E-state index in [4.69, 9.17) is 9.47 Å². The Morgan fingerprint density at radius 2 is 1.67 bits per heavy atom. The van der Waals surface area contributed by atoms with Gasteiger partial charge < -0.3 is 18.9 Å². The fourth-order valence-electron chi connectivity index (χ4n) is 4.98. The van der Waals surface area contributed by atoms with Crippen LogP contribution in [0.3, 0.4) is 0 Å². The number of aromatic nitrogens is 1. The molecule has 0 radical (unpaired) electrons. The first-order valence-corrected chi connectivity index (χ1v) is 10.4. The molecule has 152 valence electrons. The zero-order valence-corrected chi connectivity index (χ0v) is 16.6. The minimum absolute atomic E-state index is 0.120. The van der Waals surface area contributed by atoms with Gasteiger partial charge in [0, 0.05) is 32.4 Å². The van der Waals surface area contributed by atoms with Crippen molar-refractivity contribution in [1.82, 2.24) is 14.4 Å². The lowest BCUT2D eigenvalue weighted by Crippen LogP contribution is -2.49. The van der Waals surface area contributed by atoms with Crippen LogP contribution in [0.1, 0.15) is 27.7 Å². The predicted octanol–water partition coefficient (Wildman–Crippen LogP) is 3.30. The molecule has 0 spiro atoms. The van der Waals surface area contributed by atoms with E-state index in [1.54, 1.807) is 0 Å². The van der Waals surface area contributed by atoms with Gasteiger partial charge in [0.25, 0.3) is 5.91 Å². The van der Waals surface area contributed by atoms with Crippen LogP contribution < -0.4 is 9.47 Å². The fraction of sp³-hybridized carbons (Fsp3) is 0.292. The maximum absolute atomic E-state index is 13.3. The monoisotopic (exact) mass is 401 g/mol. The zero-order valence-electron chi connectivity index (χ0n) is 16.6. The molecule has 3 aliphatic heterocycles. The van der Waals surface area contributed by atoms with Crippen LogP contribution in [-0.2, 0) is 13.1 Å². The second-order valence-electron chi connectivity index (χ2n) is 8.24. The molecule has 0 unspecified atom stereocenters. The second kappa shape index (κ2) is 6.92. The van der Waals surface area contributed by atoms with Crippen molar-refractivity contribution in [3.05, 3.63) is 83.7 Å². The van der Waals surface area contributed by atoms with Crippen molar-refractivity contribution in [2.45, 2.75) is 25.2 Å². The Kier molecular flexibility index (Phi) is 4.06. The molecule has 2 atom stereocenters. The van der Waals surface area contributed by atoms with Crippen LogP contribution in [0.2, 0.25) is 0 Å². The molecule has 6 nitrogen and oxygen atoms in total. The first kappa shape index (κ1) is 17.6. The molecule has 2 aromatic carbocycles. The fourth-order valence-corrected chi connectivity index (χ4v) is 4.98. The van der Waals surface area contributed by atoms with E-state index in [2.05, 4.69) is 44.8 Å². The third-order valence-corrected chi connectivity index (χ3v) is 6.39. The number of amides is 1. The highest BCUT2D eigenvalue weighted by Gasteiger charge is 2.44. The Bertz CT molecular complexity index is 1090. The van der Waals surface area contributed by atoms with Gasteiger partial charge in [0.1, 0.15) is 5.69 Å². The molecular weight excluding hydrogens is 378 g/mol. The molecule has 6 rings (SSSR count). The number of fused-ring (bicyclic) bond motifs is 4. The third kappa shape index (κ3) is 2.87. The van der Waals surface area contributed by atoms with Crippen molar-refractivity contribution in [1.29, 1.82) is 0 Å². The number of nitrogens with zero attached hydrogens (tertiary/aromatic N) is 3. The van der Waals surface area contributed by atoms with Crippen LogP contribution in [0.15, 0.2) is 66.9 Å². The largest absolute Gasteiger partial charge is 0.454 e. The van der Waals surface area contributed by atoms with Gasteiger partial charge in [-0.2, -0.15) is 0 Å². The van der Waals surface area contributed by atoms with Crippen LogP contribution in [0.4, 0.5) is 0 Å². The van der Waals surface area contributed by atoms with Gasteiger partial charge in [0.2, 0.25) is 6.79 Å². The summed E-state index contributed by atoms with van der Waals surface area (Å²) in [5.41, 5.74) is 3.16. The van der Waals surface area contributed by atoms with E-state index in [1.807, 2.05) is 36.4 Å². The van der Waals surface area contributed by atoms with Crippen molar-refractivity contribution in [2.24, 2.45) is 0 Å². The molecule has 0 N–H and O–H groups in total. The molecule has 0 bridgehead atoms. The summed E-state index contributed by atoms with van der Waals surface area (Å²) in [5, 5.41) is 0. The molecule has 30 heavy (non-hydrogen) atoms. The van der Waals surface area contributed by atoms with Gasteiger partial charge in [-0.3, -0.25) is 9.69 Å². The second-order valence-corrected chi connectivity index (χ2v) is 8.24.